The molecule has 0 saturated heterocycles. The summed E-state index contributed by atoms with van der Waals surface area (Å²) in [5.41, 5.74) is 5.82. The summed E-state index contributed by atoms with van der Waals surface area (Å²) in [6.07, 6.45) is 4.08. The van der Waals surface area contributed by atoms with Crippen LogP contribution in [0.25, 0.3) is 33.1 Å². The molecule has 0 aliphatic rings. The van der Waals surface area contributed by atoms with Crippen LogP contribution in [-0.2, 0) is 0 Å². The summed E-state index contributed by atoms with van der Waals surface area (Å²) >= 11 is 0. The Bertz CT molecular complexity index is 1870. The molecule has 0 aliphatic heterocycles. The third-order valence-electron chi connectivity index (χ3n) is 6.16. The Morgan fingerprint density at radius 1 is 0.737 bits per heavy atom. The fraction of sp³-hybridized carbons (Fsp3) is 0.167. The first kappa shape index (κ1) is 25.4. The van der Waals surface area contributed by atoms with Crippen molar-refractivity contribution in [3.8, 4) is 0 Å². The molecule has 13 nitrogen and oxygen atoms in total. The molecule has 0 aliphatic carbocycles. The number of nitrogens with zero attached hydrogens (tertiary/aromatic N) is 7. The Hall–Kier alpha value is -4.27. The molecule has 5 heterocycles. The number of pyridine rings is 2. The zero-order valence-electron chi connectivity index (χ0n) is 20.8. The van der Waals surface area contributed by atoms with Crippen molar-refractivity contribution >= 4 is 50.7 Å². The minimum Gasteiger partial charge on any atom is -0.269 e. The molecule has 0 bridgehead atoms. The Morgan fingerprint density at radius 3 is 1.61 bits per heavy atom. The third-order valence-corrected chi connectivity index (χ3v) is 6.16. The van der Waals surface area contributed by atoms with Crippen LogP contribution in [0.2, 0.25) is 0 Å². The number of imidazole rings is 2. The normalized spacial score (nSPS) is 11.9. The monoisotopic (exact) mass is 540 g/mol. The van der Waals surface area contributed by atoms with Crippen molar-refractivity contribution in [1.82, 2.24) is 8.80 Å². The number of rotatable bonds is 3. The van der Waals surface area contributed by atoms with Gasteiger partial charge < -0.3 is 0 Å². The molecule has 0 fully saturated rings. The average molecular weight is 541 g/mol. The van der Waals surface area contributed by atoms with Crippen LogP contribution in [0, 0.1) is 20.4 Å². The van der Waals surface area contributed by atoms with Crippen molar-refractivity contribution in [3.63, 3.8) is 0 Å². The number of benzene rings is 1. The zero-order chi connectivity index (χ0) is 27.5. The molecule has 0 amide bonds. The van der Waals surface area contributed by atoms with Crippen molar-refractivity contribution in [1.29, 1.82) is 0 Å². The molecule has 196 valence electrons. The van der Waals surface area contributed by atoms with E-state index < -0.39 is 10.2 Å². The van der Waals surface area contributed by atoms with Crippen molar-refractivity contribution in [2.45, 2.75) is 0 Å². The molecule has 6 aromatic rings. The lowest BCUT2D eigenvalue weighted by atomic mass is 10.2. The van der Waals surface area contributed by atoms with E-state index in [9.17, 15) is 10.1 Å². The maximum Gasteiger partial charge on any atom is 0.370 e. The van der Waals surface area contributed by atoms with Crippen LogP contribution in [0.15, 0.2) is 67.0 Å². The number of aromatic nitrogens is 4. The number of non-ortho nitro benzene ring substituents is 1. The number of nitro benzene ring substituents is 1. The van der Waals surface area contributed by atoms with Crippen molar-refractivity contribution in [2.75, 3.05) is 38.0 Å². The number of anilines is 2. The molecule has 1 aromatic carbocycles. The fourth-order valence-electron chi connectivity index (χ4n) is 5.00. The fourth-order valence-corrected chi connectivity index (χ4v) is 5.00. The predicted molar refractivity (Wildman–Crippen MR) is 127 cm³/mol. The van der Waals surface area contributed by atoms with Gasteiger partial charge in [0.25, 0.3) is 5.69 Å². The minimum absolute atomic E-state index is 0.0615. The van der Waals surface area contributed by atoms with Gasteiger partial charge in [-0.05, 0) is 30.3 Å². The second kappa shape index (κ2) is 8.93. The maximum absolute atomic E-state index is 11.7. The lowest BCUT2D eigenvalue weighted by Gasteiger charge is -2.17. The topological polar surface area (TPSA) is 159 Å². The first-order chi connectivity index (χ1) is 17.9. The van der Waals surface area contributed by atoms with Crippen LogP contribution in [0.5, 0.6) is 0 Å². The van der Waals surface area contributed by atoms with Crippen molar-refractivity contribution in [2.24, 2.45) is 0 Å². The molecule has 0 unspecified atom stereocenters. The van der Waals surface area contributed by atoms with E-state index in [4.69, 9.17) is 18.6 Å². The summed E-state index contributed by atoms with van der Waals surface area (Å²) in [7, 11) is 3.06. The highest BCUT2D eigenvalue weighted by atomic mass is 35.7. The summed E-state index contributed by atoms with van der Waals surface area (Å²) in [5, 5.41) is 11.7. The molecule has 14 heteroatoms. The molecular formula is C24H23ClN7O6+. The molecule has 38 heavy (non-hydrogen) atoms. The van der Waals surface area contributed by atoms with Crippen LogP contribution in [0.3, 0.4) is 0 Å². The summed E-state index contributed by atoms with van der Waals surface area (Å²) in [6, 6.07) is 17.4. The van der Waals surface area contributed by atoms with Crippen LogP contribution in [0.1, 0.15) is 0 Å². The van der Waals surface area contributed by atoms with Gasteiger partial charge in [-0.3, -0.25) is 19.9 Å². The molecular weight excluding hydrogens is 518 g/mol. The number of fused-ring (bicyclic) bond motifs is 10. The molecule has 0 spiro atoms. The Balaban J connectivity index is 0.000000540. The number of nitro groups is 1. The first-order valence-corrected chi connectivity index (χ1v) is 12.5. The average Bonchev–Trinajstić information content (AvgIpc) is 3.36. The second-order valence-electron chi connectivity index (χ2n) is 8.98. The van der Waals surface area contributed by atoms with E-state index >= 15 is 0 Å². The molecule has 0 radical (unpaired) electrons. The van der Waals surface area contributed by atoms with Gasteiger partial charge in [-0.1, -0.05) is 12.1 Å². The Labute approximate surface area is 217 Å². The smallest absolute Gasteiger partial charge is 0.269 e. The maximum atomic E-state index is 11.7. The number of hydrogen-bond donors (Lipinski definition) is 0. The molecule has 0 atom stereocenters. The van der Waals surface area contributed by atoms with E-state index in [-0.39, 0.29) is 10.6 Å². The van der Waals surface area contributed by atoms with Crippen LogP contribution < -0.4 is 37.2 Å². The Kier molecular flexibility index (Phi) is 5.97. The second-order valence-corrected chi connectivity index (χ2v) is 9.73. The van der Waals surface area contributed by atoms with Gasteiger partial charge in [0.05, 0.1) is 51.6 Å². The molecule has 0 saturated carbocycles. The lowest BCUT2D eigenvalue weighted by Crippen LogP contribution is -2.68. The first-order valence-electron chi connectivity index (χ1n) is 11.3. The predicted octanol–water partition coefficient (Wildman–Crippen LogP) is -1.89. The van der Waals surface area contributed by atoms with Gasteiger partial charge in [0.1, 0.15) is 5.52 Å². The van der Waals surface area contributed by atoms with Crippen molar-refractivity contribution in [3.05, 3.63) is 77.1 Å². The zero-order valence-corrected chi connectivity index (χ0v) is 21.6. The van der Waals surface area contributed by atoms with Gasteiger partial charge in [-0.15, -0.1) is 10.2 Å². The highest BCUT2D eigenvalue weighted by molar-refractivity contribution is 6.04. The van der Waals surface area contributed by atoms with E-state index in [0.717, 1.165) is 45.0 Å². The summed E-state index contributed by atoms with van der Waals surface area (Å²) in [4.78, 5) is 15.5. The van der Waals surface area contributed by atoms with Crippen LogP contribution in [-0.4, -0.2) is 41.9 Å². The minimum atomic E-state index is -4.94. The highest BCUT2D eigenvalue weighted by Gasteiger charge is 2.33. The summed E-state index contributed by atoms with van der Waals surface area (Å²) in [5.74, 6) is 1.87. The molecule has 0 N–H and O–H groups in total. The van der Waals surface area contributed by atoms with E-state index in [0.29, 0.717) is 0 Å². The molecule has 6 rings (SSSR count). The number of hydrogen-bond acceptors (Lipinski definition) is 8. The number of halogens is 1. The standard InChI is InChI=1S/C24H23N7O2.ClHO4/c1-25(2)23-27-13-7-5-9-18(27)21-22-19-10-6-8-14-28(19)24(26(3)4)30(22)20-15-16(31(32)33)11-12-17(20)29(21)23;2-1(3,4)5/h5-15H,1-4H3;(H,2,3,4,5)/q+2;/p-1. The largest absolute Gasteiger partial charge is 0.370 e. The van der Waals surface area contributed by atoms with Crippen LogP contribution in [0.4, 0.5) is 17.6 Å². The van der Waals surface area contributed by atoms with Crippen LogP contribution >= 0.6 is 0 Å². The summed E-state index contributed by atoms with van der Waals surface area (Å²) in [6.45, 7) is 0. The van der Waals surface area contributed by atoms with Gasteiger partial charge >= 0.3 is 11.9 Å². The van der Waals surface area contributed by atoms with E-state index in [1.54, 1.807) is 12.1 Å². The van der Waals surface area contributed by atoms with E-state index in [2.05, 4.69) is 40.8 Å². The van der Waals surface area contributed by atoms with Gasteiger partial charge in [0.2, 0.25) is 0 Å². The summed E-state index contributed by atoms with van der Waals surface area (Å²) < 4.78 is 42.6. The quantitative estimate of drug-likeness (QED) is 0.143. The SMILES string of the molecule is CN(C)c1n2c3ccc([N+](=O)[O-])cc3n3c(N(C)C)[n+]4ccccc4c3c2c2cccc[n+]12.[O-][Cl+3]([O-])([O-])[O-]. The van der Waals surface area contributed by atoms with E-state index in [1.807, 2.05) is 69.6 Å². The van der Waals surface area contributed by atoms with E-state index in [1.165, 1.54) is 0 Å². The Morgan fingerprint density at radius 2 is 1.18 bits per heavy atom. The van der Waals surface area contributed by atoms with Gasteiger partial charge in [0.15, 0.2) is 27.6 Å². The third kappa shape index (κ3) is 3.98. The lowest BCUT2D eigenvalue weighted by molar-refractivity contribution is -2.00. The van der Waals surface area contributed by atoms with Gasteiger partial charge in [0, 0.05) is 6.07 Å². The van der Waals surface area contributed by atoms with Gasteiger partial charge in [-0.25, -0.2) is 27.4 Å². The van der Waals surface area contributed by atoms with Gasteiger partial charge in [-0.2, -0.15) is 8.80 Å². The van der Waals surface area contributed by atoms with Crippen molar-refractivity contribution < 1.29 is 42.6 Å². The molecule has 5 aromatic heterocycles. The highest BCUT2D eigenvalue weighted by Crippen LogP contribution is 2.34.